The zero-order valence-corrected chi connectivity index (χ0v) is 28.2. The second-order valence-electron chi connectivity index (χ2n) is 11.5. The van der Waals surface area contributed by atoms with Gasteiger partial charge in [-0.3, -0.25) is 24.3 Å². The number of amides is 2. The summed E-state index contributed by atoms with van der Waals surface area (Å²) in [6, 6.07) is 6.92. The summed E-state index contributed by atoms with van der Waals surface area (Å²) in [7, 11) is 1.62. The van der Waals surface area contributed by atoms with Gasteiger partial charge in [-0.1, -0.05) is 26.0 Å². The van der Waals surface area contributed by atoms with Crippen molar-refractivity contribution in [3.8, 4) is 11.6 Å². The van der Waals surface area contributed by atoms with Crippen molar-refractivity contribution in [2.45, 2.75) is 91.0 Å². The number of nitrogens with two attached hydrogens (primary N) is 1. The molecule has 0 bridgehead atoms. The lowest BCUT2D eigenvalue weighted by atomic mass is 9.97. The topological polar surface area (TPSA) is 208 Å². The van der Waals surface area contributed by atoms with Crippen LogP contribution in [0.25, 0.3) is 0 Å². The van der Waals surface area contributed by atoms with Gasteiger partial charge in [0, 0.05) is 59.0 Å². The van der Waals surface area contributed by atoms with Crippen molar-refractivity contribution in [3.05, 3.63) is 41.1 Å². The summed E-state index contributed by atoms with van der Waals surface area (Å²) in [5, 5.41) is 7.39. The minimum atomic E-state index is -1.43. The number of urea groups is 1. The monoisotopic (exact) mass is 676 g/mol. The molecule has 3 N–H and O–H groups in total. The summed E-state index contributed by atoms with van der Waals surface area (Å²) in [5.41, 5.74) is 7.59. The van der Waals surface area contributed by atoms with E-state index < -0.39 is 67.2 Å². The minimum absolute atomic E-state index is 0.00128. The van der Waals surface area contributed by atoms with Crippen molar-refractivity contribution < 1.29 is 57.1 Å². The first-order chi connectivity index (χ1) is 22.7. The van der Waals surface area contributed by atoms with Crippen molar-refractivity contribution in [2.24, 2.45) is 5.73 Å². The number of rotatable bonds is 15. The Balaban J connectivity index is 1.89. The van der Waals surface area contributed by atoms with E-state index in [9.17, 15) is 24.0 Å². The van der Waals surface area contributed by atoms with Gasteiger partial charge in [0.2, 0.25) is 18.3 Å². The number of ether oxygens (including phenoxy) is 7. The molecule has 0 aliphatic carbocycles. The number of nitrogens with zero attached hydrogens (tertiary/aromatic N) is 2. The largest absolute Gasteiger partial charge is 0.494 e. The molecular formula is C32H44N4O12. The SMILES string of the molecule is CC(=O)OC[C@H]1O[C@@H](Oc2n[nH]c(C(C)C)c2Cc2ccc(OCCCN(C)C(N)=O)cc2)[C@H](OC(C)=O)[C@@H](OC(C)=O)[C@@H]1OC(C)=O. The molecule has 16 nitrogen and oxygen atoms in total. The van der Waals surface area contributed by atoms with E-state index in [1.54, 1.807) is 7.05 Å². The number of benzene rings is 1. The molecule has 2 heterocycles. The highest BCUT2D eigenvalue weighted by Crippen LogP contribution is 2.34. The minimum Gasteiger partial charge on any atom is -0.494 e. The van der Waals surface area contributed by atoms with Crippen molar-refractivity contribution in [1.82, 2.24) is 15.1 Å². The van der Waals surface area contributed by atoms with Gasteiger partial charge in [0.25, 0.3) is 0 Å². The third-order valence-electron chi connectivity index (χ3n) is 7.20. The molecule has 1 aromatic heterocycles. The standard InChI is InChI=1S/C32H44N4O12/c1-17(2)26-24(15-22-9-11-23(12-10-22)42-14-8-13-36(7)32(33)41)30(35-34-26)48-31-29(46-21(6)40)28(45-20(5)39)27(44-19(4)38)25(47-31)16-43-18(3)37/h9-12,17,25,27-29,31H,8,13-16H2,1-7H3,(H2,33,41)(H,34,35)/t25-,27-,28+,29-,31+/m1/s1. The number of nitrogens with one attached hydrogen (secondary N) is 1. The lowest BCUT2D eigenvalue weighted by Gasteiger charge is -2.43. The fourth-order valence-electron chi connectivity index (χ4n) is 5.01. The van der Waals surface area contributed by atoms with Gasteiger partial charge in [-0.25, -0.2) is 4.79 Å². The average molecular weight is 677 g/mol. The van der Waals surface area contributed by atoms with Crippen LogP contribution in [0.3, 0.4) is 0 Å². The zero-order valence-electron chi connectivity index (χ0n) is 28.2. The molecule has 16 heteroatoms. The summed E-state index contributed by atoms with van der Waals surface area (Å²) in [6.07, 6.45) is -5.74. The van der Waals surface area contributed by atoms with Crippen LogP contribution < -0.4 is 15.2 Å². The van der Waals surface area contributed by atoms with E-state index in [-0.39, 0.29) is 11.8 Å². The first-order valence-corrected chi connectivity index (χ1v) is 15.4. The number of hydrogen-bond donors (Lipinski definition) is 2. The van der Waals surface area contributed by atoms with Crippen LogP contribution in [0.1, 0.15) is 70.7 Å². The van der Waals surface area contributed by atoms with Gasteiger partial charge in [-0.05, 0) is 30.0 Å². The van der Waals surface area contributed by atoms with Gasteiger partial charge < -0.3 is 43.8 Å². The fourth-order valence-corrected chi connectivity index (χ4v) is 5.01. The smallest absolute Gasteiger partial charge is 0.314 e. The number of primary amides is 1. The second kappa shape index (κ2) is 17.3. The summed E-state index contributed by atoms with van der Waals surface area (Å²) in [5.74, 6) is -2.11. The Morgan fingerprint density at radius 1 is 0.917 bits per heavy atom. The molecule has 1 aliphatic heterocycles. The van der Waals surface area contributed by atoms with Gasteiger partial charge in [-0.15, -0.1) is 5.10 Å². The number of H-pyrrole nitrogens is 1. The number of esters is 4. The highest BCUT2D eigenvalue weighted by molar-refractivity contribution is 5.71. The number of aromatic nitrogens is 2. The lowest BCUT2D eigenvalue weighted by Crippen LogP contribution is -2.63. The number of aromatic amines is 1. The Labute approximate surface area is 278 Å². The molecule has 264 valence electrons. The Hall–Kier alpha value is -4.86. The summed E-state index contributed by atoms with van der Waals surface area (Å²) >= 11 is 0. The number of hydrogen-bond acceptors (Lipinski definition) is 13. The first kappa shape index (κ1) is 37.6. The lowest BCUT2D eigenvalue weighted by molar-refractivity contribution is -0.289. The molecule has 0 unspecified atom stereocenters. The maximum atomic E-state index is 12.2. The van der Waals surface area contributed by atoms with Crippen LogP contribution in [0.4, 0.5) is 4.79 Å². The molecule has 2 aromatic rings. The van der Waals surface area contributed by atoms with Crippen molar-refractivity contribution in [2.75, 3.05) is 26.8 Å². The summed E-state index contributed by atoms with van der Waals surface area (Å²) in [4.78, 5) is 60.7. The van der Waals surface area contributed by atoms with E-state index >= 15 is 0 Å². The Kier molecular flexibility index (Phi) is 13.6. The van der Waals surface area contributed by atoms with Gasteiger partial charge >= 0.3 is 29.9 Å². The Morgan fingerprint density at radius 3 is 2.08 bits per heavy atom. The number of carbonyl (C=O) groups is 5. The van der Waals surface area contributed by atoms with Gasteiger partial charge in [0.05, 0.1) is 6.61 Å². The van der Waals surface area contributed by atoms with Crippen LogP contribution in [-0.4, -0.2) is 103 Å². The third kappa shape index (κ3) is 10.9. The Morgan fingerprint density at radius 2 is 1.52 bits per heavy atom. The summed E-state index contributed by atoms with van der Waals surface area (Å²) < 4.78 is 39.8. The normalized spacial score (nSPS) is 20.4. The van der Waals surface area contributed by atoms with Gasteiger partial charge in [0.1, 0.15) is 18.5 Å². The van der Waals surface area contributed by atoms with Crippen molar-refractivity contribution in [3.63, 3.8) is 0 Å². The number of carbonyl (C=O) groups excluding carboxylic acids is 5. The molecule has 3 rings (SSSR count). The van der Waals surface area contributed by atoms with E-state index in [1.807, 2.05) is 38.1 Å². The quantitative estimate of drug-likeness (QED) is 0.158. The van der Waals surface area contributed by atoms with Crippen LogP contribution in [0, 0.1) is 0 Å². The van der Waals surface area contributed by atoms with Gasteiger partial charge in [-0.2, -0.15) is 0 Å². The average Bonchev–Trinajstić information content (AvgIpc) is 3.39. The van der Waals surface area contributed by atoms with E-state index in [0.717, 1.165) is 32.0 Å². The van der Waals surface area contributed by atoms with Crippen molar-refractivity contribution in [1.29, 1.82) is 0 Å². The summed E-state index contributed by atoms with van der Waals surface area (Å²) in [6.45, 7) is 9.04. The maximum absolute atomic E-state index is 12.2. The molecule has 5 atom stereocenters. The van der Waals surface area contributed by atoms with Crippen molar-refractivity contribution >= 4 is 29.9 Å². The molecule has 1 saturated heterocycles. The fraction of sp³-hybridized carbons (Fsp3) is 0.562. The third-order valence-corrected chi connectivity index (χ3v) is 7.20. The highest BCUT2D eigenvalue weighted by atomic mass is 16.7. The predicted octanol–water partition coefficient (Wildman–Crippen LogP) is 2.37. The van der Waals surface area contributed by atoms with Crippen LogP contribution in [0.2, 0.25) is 0 Å². The van der Waals surface area contributed by atoms with Crippen LogP contribution in [0.15, 0.2) is 24.3 Å². The molecule has 48 heavy (non-hydrogen) atoms. The molecule has 0 saturated carbocycles. The molecule has 2 amide bonds. The molecule has 1 aromatic carbocycles. The molecule has 0 spiro atoms. The predicted molar refractivity (Wildman–Crippen MR) is 167 cm³/mol. The highest BCUT2D eigenvalue weighted by Gasteiger charge is 2.53. The van der Waals surface area contributed by atoms with E-state index in [1.165, 1.54) is 11.8 Å². The first-order valence-electron chi connectivity index (χ1n) is 15.4. The second-order valence-corrected chi connectivity index (χ2v) is 11.5. The zero-order chi connectivity index (χ0) is 35.5. The van der Waals surface area contributed by atoms with Gasteiger partial charge in [0.15, 0.2) is 12.2 Å². The maximum Gasteiger partial charge on any atom is 0.314 e. The van der Waals surface area contributed by atoms with Crippen LogP contribution in [-0.2, 0) is 49.3 Å². The van der Waals surface area contributed by atoms with E-state index in [2.05, 4.69) is 10.2 Å². The van der Waals surface area contributed by atoms with Crippen LogP contribution in [0.5, 0.6) is 11.6 Å². The Bertz CT molecular complexity index is 1430. The molecular weight excluding hydrogens is 632 g/mol. The van der Waals surface area contributed by atoms with Crippen LogP contribution >= 0.6 is 0 Å². The molecule has 0 radical (unpaired) electrons. The molecule has 1 fully saturated rings. The molecule has 1 aliphatic rings. The van der Waals surface area contributed by atoms with E-state index in [4.69, 9.17) is 38.9 Å². The van der Waals surface area contributed by atoms with E-state index in [0.29, 0.717) is 37.3 Å².